The molecule has 0 aliphatic carbocycles. The number of thiazole rings is 1. The van der Waals surface area contributed by atoms with Crippen LogP contribution in [0.15, 0.2) is 52.5 Å². The first-order valence-electron chi connectivity index (χ1n) is 12.6. The molecule has 0 bridgehead atoms. The molecule has 8 heteroatoms. The van der Waals surface area contributed by atoms with Crippen LogP contribution in [0.1, 0.15) is 56.8 Å². The maximum absolute atomic E-state index is 13.4. The summed E-state index contributed by atoms with van der Waals surface area (Å²) in [6, 6.07) is 11.1. The van der Waals surface area contributed by atoms with E-state index in [-0.39, 0.29) is 23.8 Å². The average Bonchev–Trinajstić information content (AvgIpc) is 3.55. The smallest absolute Gasteiger partial charge is 0.244 e. The highest BCUT2D eigenvalue weighted by Crippen LogP contribution is 2.24. The lowest BCUT2D eigenvalue weighted by Gasteiger charge is -2.45. The molecule has 7 nitrogen and oxygen atoms in total. The number of nitrogens with one attached hydrogen (secondary N) is 1. The molecule has 4 rings (SSSR count). The van der Waals surface area contributed by atoms with Crippen LogP contribution < -0.4 is 5.32 Å². The van der Waals surface area contributed by atoms with Crippen molar-refractivity contribution >= 4 is 23.2 Å². The number of hydrogen-bond acceptors (Lipinski definition) is 6. The lowest BCUT2D eigenvalue weighted by atomic mass is 10.0. The Bertz CT molecular complexity index is 1150. The number of furan rings is 1. The number of carbonyl (C=O) groups is 2. The molecule has 36 heavy (non-hydrogen) atoms. The molecule has 2 atom stereocenters. The van der Waals surface area contributed by atoms with E-state index in [2.05, 4.69) is 29.4 Å². The monoisotopic (exact) mass is 508 g/mol. The van der Waals surface area contributed by atoms with Crippen molar-refractivity contribution in [3.63, 3.8) is 0 Å². The standard InChI is InChI=1S/C28H36N4O3S/c1-18(2)23-17-36-26(30-23)16-31-14-20(5)32(28(34)19(3)4)24(15-31)27(33)29-13-21-8-10-22(11-9-21)25-7-6-12-35-25/h6-12,17-20,24H,13-16H2,1-5H3,(H,29,33). The van der Waals surface area contributed by atoms with E-state index in [1.54, 1.807) is 22.5 Å². The molecular weight excluding hydrogens is 472 g/mol. The van der Waals surface area contributed by atoms with E-state index < -0.39 is 6.04 Å². The molecule has 2 unspecified atom stereocenters. The largest absolute Gasteiger partial charge is 0.464 e. The quantitative estimate of drug-likeness (QED) is 0.468. The fourth-order valence-corrected chi connectivity index (χ4v) is 5.57. The van der Waals surface area contributed by atoms with Crippen molar-refractivity contribution in [2.24, 2.45) is 5.92 Å². The second-order valence-corrected chi connectivity index (χ2v) is 11.1. The van der Waals surface area contributed by atoms with Gasteiger partial charge in [-0.15, -0.1) is 11.3 Å². The van der Waals surface area contributed by atoms with Crippen molar-refractivity contribution in [2.45, 2.75) is 65.7 Å². The lowest BCUT2D eigenvalue weighted by Crippen LogP contribution is -2.64. The zero-order valence-electron chi connectivity index (χ0n) is 21.7. The Balaban J connectivity index is 1.45. The van der Waals surface area contributed by atoms with Gasteiger partial charge in [0.15, 0.2) is 0 Å². The number of piperazine rings is 1. The first kappa shape index (κ1) is 26.1. The predicted octanol–water partition coefficient (Wildman–Crippen LogP) is 4.90. The van der Waals surface area contributed by atoms with Crippen LogP contribution in [0.3, 0.4) is 0 Å². The highest BCUT2D eigenvalue weighted by molar-refractivity contribution is 7.09. The molecular formula is C28H36N4O3S. The van der Waals surface area contributed by atoms with Gasteiger partial charge >= 0.3 is 0 Å². The third-order valence-corrected chi connectivity index (χ3v) is 7.41. The van der Waals surface area contributed by atoms with E-state index in [0.717, 1.165) is 27.6 Å². The average molecular weight is 509 g/mol. The van der Waals surface area contributed by atoms with Crippen molar-refractivity contribution < 1.29 is 14.0 Å². The molecule has 3 heterocycles. The molecule has 0 saturated carbocycles. The normalized spacial score (nSPS) is 18.7. The minimum Gasteiger partial charge on any atom is -0.464 e. The molecule has 1 saturated heterocycles. The number of amides is 2. The fraction of sp³-hybridized carbons (Fsp3) is 0.464. The molecule has 1 aromatic carbocycles. The number of rotatable bonds is 8. The second kappa shape index (κ2) is 11.4. The topological polar surface area (TPSA) is 78.7 Å². The summed E-state index contributed by atoms with van der Waals surface area (Å²) >= 11 is 1.66. The van der Waals surface area contributed by atoms with Gasteiger partial charge in [-0.3, -0.25) is 14.5 Å². The van der Waals surface area contributed by atoms with E-state index in [0.29, 0.717) is 32.1 Å². The molecule has 1 aliphatic heterocycles. The fourth-order valence-electron chi connectivity index (χ4n) is 4.57. The second-order valence-electron chi connectivity index (χ2n) is 10.2. The molecule has 2 amide bonds. The van der Waals surface area contributed by atoms with Crippen LogP contribution in [-0.2, 0) is 22.7 Å². The molecule has 0 radical (unpaired) electrons. The van der Waals surface area contributed by atoms with Crippen molar-refractivity contribution in [3.8, 4) is 11.3 Å². The van der Waals surface area contributed by atoms with E-state index in [4.69, 9.17) is 9.40 Å². The summed E-state index contributed by atoms with van der Waals surface area (Å²) in [7, 11) is 0. The van der Waals surface area contributed by atoms with Gasteiger partial charge in [-0.2, -0.15) is 0 Å². The first-order valence-corrected chi connectivity index (χ1v) is 13.5. The van der Waals surface area contributed by atoms with E-state index in [1.807, 2.05) is 57.2 Å². The first-order chi connectivity index (χ1) is 17.2. The van der Waals surface area contributed by atoms with Crippen LogP contribution in [-0.4, -0.2) is 51.8 Å². The van der Waals surface area contributed by atoms with Gasteiger partial charge in [-0.25, -0.2) is 4.98 Å². The Labute approximate surface area is 217 Å². The summed E-state index contributed by atoms with van der Waals surface area (Å²) in [6.07, 6.45) is 1.65. The Morgan fingerprint density at radius 3 is 2.50 bits per heavy atom. The SMILES string of the molecule is CC(C)C(=O)N1C(C)CN(Cc2nc(C(C)C)cs2)CC1C(=O)NCc1ccc(-c2ccco2)cc1. The number of hydrogen-bond donors (Lipinski definition) is 1. The zero-order valence-corrected chi connectivity index (χ0v) is 22.5. The van der Waals surface area contributed by atoms with Crippen molar-refractivity contribution in [1.29, 1.82) is 0 Å². The minimum atomic E-state index is -0.546. The zero-order chi connectivity index (χ0) is 25.8. The number of benzene rings is 1. The van der Waals surface area contributed by atoms with Crippen LogP contribution in [0.25, 0.3) is 11.3 Å². The number of nitrogens with zero attached hydrogens (tertiary/aromatic N) is 3. The molecule has 1 N–H and O–H groups in total. The van der Waals surface area contributed by atoms with Gasteiger partial charge in [-0.05, 0) is 30.5 Å². The van der Waals surface area contributed by atoms with Crippen molar-refractivity contribution in [1.82, 2.24) is 20.1 Å². The Kier molecular flexibility index (Phi) is 8.26. The van der Waals surface area contributed by atoms with Gasteiger partial charge in [-0.1, -0.05) is 52.0 Å². The van der Waals surface area contributed by atoms with Crippen LogP contribution in [0, 0.1) is 5.92 Å². The minimum absolute atomic E-state index is 0.0152. The Morgan fingerprint density at radius 1 is 1.14 bits per heavy atom. The van der Waals surface area contributed by atoms with Crippen molar-refractivity contribution in [2.75, 3.05) is 13.1 Å². The van der Waals surface area contributed by atoms with Gasteiger partial charge in [0, 0.05) is 42.5 Å². The summed E-state index contributed by atoms with van der Waals surface area (Å²) < 4.78 is 5.45. The summed E-state index contributed by atoms with van der Waals surface area (Å²) in [5.41, 5.74) is 3.08. The summed E-state index contributed by atoms with van der Waals surface area (Å²) in [5, 5.41) is 6.24. The highest BCUT2D eigenvalue weighted by Gasteiger charge is 2.40. The third-order valence-electron chi connectivity index (χ3n) is 6.56. The molecule has 2 aromatic heterocycles. The van der Waals surface area contributed by atoms with Crippen LogP contribution in [0.4, 0.5) is 0 Å². The Hall–Kier alpha value is -2.97. The van der Waals surface area contributed by atoms with Gasteiger partial charge in [0.25, 0.3) is 0 Å². The van der Waals surface area contributed by atoms with Crippen LogP contribution >= 0.6 is 11.3 Å². The highest BCUT2D eigenvalue weighted by atomic mass is 32.1. The van der Waals surface area contributed by atoms with Crippen molar-refractivity contribution in [3.05, 3.63) is 64.3 Å². The van der Waals surface area contributed by atoms with Crippen LogP contribution in [0.2, 0.25) is 0 Å². The van der Waals surface area contributed by atoms with Crippen LogP contribution in [0.5, 0.6) is 0 Å². The molecule has 3 aromatic rings. The Morgan fingerprint density at radius 2 is 1.89 bits per heavy atom. The summed E-state index contributed by atoms with van der Waals surface area (Å²) in [5.74, 6) is 0.918. The predicted molar refractivity (Wildman–Crippen MR) is 142 cm³/mol. The molecule has 1 aliphatic rings. The summed E-state index contributed by atoms with van der Waals surface area (Å²) in [4.78, 5) is 35.4. The maximum atomic E-state index is 13.4. The number of carbonyl (C=O) groups excluding carboxylic acids is 2. The van der Waals surface area contributed by atoms with E-state index in [9.17, 15) is 9.59 Å². The van der Waals surface area contributed by atoms with Gasteiger partial charge in [0.2, 0.25) is 11.8 Å². The van der Waals surface area contributed by atoms with Gasteiger partial charge in [0.05, 0.1) is 18.5 Å². The van der Waals surface area contributed by atoms with E-state index in [1.165, 1.54) is 0 Å². The number of aromatic nitrogens is 1. The van der Waals surface area contributed by atoms with E-state index >= 15 is 0 Å². The van der Waals surface area contributed by atoms with Gasteiger partial charge < -0.3 is 14.6 Å². The maximum Gasteiger partial charge on any atom is 0.244 e. The summed E-state index contributed by atoms with van der Waals surface area (Å²) in [6.45, 7) is 12.4. The molecule has 192 valence electrons. The van der Waals surface area contributed by atoms with Gasteiger partial charge in [0.1, 0.15) is 16.8 Å². The molecule has 1 fully saturated rings. The third kappa shape index (κ3) is 6.05. The lowest BCUT2D eigenvalue weighted by molar-refractivity contribution is -0.150. The molecule has 0 spiro atoms.